The van der Waals surface area contributed by atoms with Gasteiger partial charge in [0.15, 0.2) is 0 Å². The van der Waals surface area contributed by atoms with Crippen LogP contribution >= 0.6 is 0 Å². The van der Waals surface area contributed by atoms with E-state index in [1.807, 2.05) is 19.1 Å². The number of piperazine rings is 1. The minimum atomic E-state index is 0.756. The van der Waals surface area contributed by atoms with Crippen molar-refractivity contribution in [3.63, 3.8) is 0 Å². The molecule has 0 unspecified atom stereocenters. The molecule has 1 aliphatic rings. The fraction of sp³-hybridized carbons (Fsp3) is 0.375. The van der Waals surface area contributed by atoms with E-state index >= 15 is 0 Å². The highest BCUT2D eigenvalue weighted by Crippen LogP contribution is 2.22. The fourth-order valence-electron chi connectivity index (χ4n) is 2.75. The van der Waals surface area contributed by atoms with Crippen molar-refractivity contribution in [2.24, 2.45) is 0 Å². The summed E-state index contributed by atoms with van der Waals surface area (Å²) in [4.78, 5) is 13.4. The van der Waals surface area contributed by atoms with Gasteiger partial charge in [-0.2, -0.15) is 0 Å². The van der Waals surface area contributed by atoms with E-state index in [1.54, 1.807) is 12.4 Å². The van der Waals surface area contributed by atoms with Gasteiger partial charge in [0.25, 0.3) is 0 Å². The van der Waals surface area contributed by atoms with Crippen LogP contribution in [0.1, 0.15) is 11.4 Å². The summed E-state index contributed by atoms with van der Waals surface area (Å²) < 4.78 is 0. The number of hydrogen-bond donors (Lipinski definition) is 1. The van der Waals surface area contributed by atoms with E-state index in [0.29, 0.717) is 0 Å². The van der Waals surface area contributed by atoms with Crippen LogP contribution in [0, 0.1) is 6.92 Å². The second kappa shape index (κ2) is 6.10. The molecule has 2 N–H and O–H groups in total. The van der Waals surface area contributed by atoms with Crippen molar-refractivity contribution in [3.05, 3.63) is 48.0 Å². The van der Waals surface area contributed by atoms with Gasteiger partial charge in [0.2, 0.25) is 0 Å². The Morgan fingerprint density at radius 3 is 2.67 bits per heavy atom. The Labute approximate surface area is 125 Å². The number of anilines is 2. The zero-order valence-electron chi connectivity index (χ0n) is 12.4. The molecule has 21 heavy (non-hydrogen) atoms. The van der Waals surface area contributed by atoms with Gasteiger partial charge in [0, 0.05) is 44.6 Å². The minimum absolute atomic E-state index is 0.756. The number of rotatable bonds is 3. The summed E-state index contributed by atoms with van der Waals surface area (Å²) in [5.74, 6) is 0. The van der Waals surface area contributed by atoms with E-state index in [2.05, 4.69) is 31.9 Å². The van der Waals surface area contributed by atoms with Crippen LogP contribution in [0.4, 0.5) is 11.4 Å². The molecule has 0 aromatic carbocycles. The maximum Gasteiger partial charge on any atom is 0.0738 e. The van der Waals surface area contributed by atoms with E-state index in [1.165, 1.54) is 0 Å². The normalized spacial score (nSPS) is 16.1. The van der Waals surface area contributed by atoms with Crippen molar-refractivity contribution in [2.45, 2.75) is 13.5 Å². The number of aryl methyl sites for hydroxylation is 1. The maximum absolute atomic E-state index is 6.00. The van der Waals surface area contributed by atoms with Crippen molar-refractivity contribution in [3.8, 4) is 0 Å². The molecule has 0 amide bonds. The predicted octanol–water partition coefficient (Wildman–Crippen LogP) is 1.69. The minimum Gasteiger partial charge on any atom is -0.396 e. The Morgan fingerprint density at radius 1 is 1.14 bits per heavy atom. The first-order chi connectivity index (χ1) is 10.2. The van der Waals surface area contributed by atoms with Crippen molar-refractivity contribution in [2.75, 3.05) is 36.8 Å². The molecule has 2 aromatic heterocycles. The molecule has 0 bridgehead atoms. The third kappa shape index (κ3) is 3.31. The van der Waals surface area contributed by atoms with Gasteiger partial charge >= 0.3 is 0 Å². The van der Waals surface area contributed by atoms with Crippen molar-refractivity contribution in [1.82, 2.24) is 14.9 Å². The molecular weight excluding hydrogens is 262 g/mol. The van der Waals surface area contributed by atoms with Crippen LogP contribution in [0.5, 0.6) is 0 Å². The molecule has 3 rings (SSSR count). The Kier molecular flexibility index (Phi) is 4.01. The molecule has 0 saturated carbocycles. The van der Waals surface area contributed by atoms with Gasteiger partial charge in [-0.3, -0.25) is 14.9 Å². The lowest BCUT2D eigenvalue weighted by Gasteiger charge is -2.36. The van der Waals surface area contributed by atoms with Gasteiger partial charge < -0.3 is 10.6 Å². The summed E-state index contributed by atoms with van der Waals surface area (Å²) >= 11 is 0. The second-order valence-electron chi connectivity index (χ2n) is 5.47. The summed E-state index contributed by atoms with van der Waals surface area (Å²) in [6.07, 6.45) is 3.52. The summed E-state index contributed by atoms with van der Waals surface area (Å²) in [5.41, 5.74) is 10.1. The maximum atomic E-state index is 6.00. The number of aromatic nitrogens is 2. The number of pyridine rings is 2. The third-order valence-electron chi connectivity index (χ3n) is 3.87. The molecule has 0 aliphatic carbocycles. The Balaban J connectivity index is 1.59. The number of nitrogens with two attached hydrogens (primary N) is 1. The summed E-state index contributed by atoms with van der Waals surface area (Å²) in [5, 5.41) is 0. The van der Waals surface area contributed by atoms with Crippen LogP contribution in [-0.2, 0) is 6.54 Å². The molecule has 0 radical (unpaired) electrons. The van der Waals surface area contributed by atoms with E-state index in [4.69, 9.17) is 5.73 Å². The SMILES string of the molecule is Cc1cccc(CN2CCN(c3ccncc3N)CC2)n1. The molecule has 3 heterocycles. The molecule has 0 atom stereocenters. The van der Waals surface area contributed by atoms with Crippen LogP contribution in [0.2, 0.25) is 0 Å². The standard InChI is InChI=1S/C16H21N5/c1-13-3-2-4-14(19-13)12-20-7-9-21(10-8-20)16-5-6-18-11-15(16)17/h2-6,11H,7-10,12,17H2,1H3. The van der Waals surface area contributed by atoms with Crippen molar-refractivity contribution >= 4 is 11.4 Å². The van der Waals surface area contributed by atoms with Crippen molar-refractivity contribution < 1.29 is 0 Å². The van der Waals surface area contributed by atoms with E-state index in [9.17, 15) is 0 Å². The molecule has 5 heteroatoms. The molecule has 1 aliphatic heterocycles. The van der Waals surface area contributed by atoms with Crippen molar-refractivity contribution in [1.29, 1.82) is 0 Å². The molecule has 5 nitrogen and oxygen atoms in total. The third-order valence-corrected chi connectivity index (χ3v) is 3.87. The van der Waals surface area contributed by atoms with Gasteiger partial charge in [-0.1, -0.05) is 6.07 Å². The van der Waals surface area contributed by atoms with Crippen LogP contribution in [0.3, 0.4) is 0 Å². The highest BCUT2D eigenvalue weighted by atomic mass is 15.3. The highest BCUT2D eigenvalue weighted by Gasteiger charge is 2.18. The summed E-state index contributed by atoms with van der Waals surface area (Å²) in [7, 11) is 0. The smallest absolute Gasteiger partial charge is 0.0738 e. The quantitative estimate of drug-likeness (QED) is 0.929. The Hall–Kier alpha value is -2.14. The molecular formula is C16H21N5. The lowest BCUT2D eigenvalue weighted by atomic mass is 10.2. The van der Waals surface area contributed by atoms with Crippen LogP contribution in [0.15, 0.2) is 36.7 Å². The largest absolute Gasteiger partial charge is 0.396 e. The zero-order chi connectivity index (χ0) is 14.7. The average Bonchev–Trinajstić information content (AvgIpc) is 2.49. The van der Waals surface area contributed by atoms with Gasteiger partial charge in [-0.15, -0.1) is 0 Å². The monoisotopic (exact) mass is 283 g/mol. The Morgan fingerprint density at radius 2 is 1.95 bits per heavy atom. The first-order valence-corrected chi connectivity index (χ1v) is 7.32. The molecule has 2 aromatic rings. The second-order valence-corrected chi connectivity index (χ2v) is 5.47. The van der Waals surface area contributed by atoms with Crippen LogP contribution < -0.4 is 10.6 Å². The number of nitrogen functional groups attached to an aromatic ring is 1. The topological polar surface area (TPSA) is 58.3 Å². The van der Waals surface area contributed by atoms with Gasteiger partial charge in [0.1, 0.15) is 0 Å². The van der Waals surface area contributed by atoms with E-state index < -0.39 is 0 Å². The van der Waals surface area contributed by atoms with E-state index in [0.717, 1.165) is 55.5 Å². The first kappa shape index (κ1) is 13.8. The number of hydrogen-bond acceptors (Lipinski definition) is 5. The predicted molar refractivity (Wildman–Crippen MR) is 85.1 cm³/mol. The highest BCUT2D eigenvalue weighted by molar-refractivity contribution is 5.66. The van der Waals surface area contributed by atoms with Gasteiger partial charge in [0.05, 0.1) is 23.3 Å². The molecule has 1 fully saturated rings. The summed E-state index contributed by atoms with van der Waals surface area (Å²) in [6, 6.07) is 8.20. The molecule has 1 saturated heterocycles. The van der Waals surface area contributed by atoms with Crippen LogP contribution in [0.25, 0.3) is 0 Å². The van der Waals surface area contributed by atoms with Crippen LogP contribution in [-0.4, -0.2) is 41.0 Å². The molecule has 110 valence electrons. The Bertz CT molecular complexity index is 605. The van der Waals surface area contributed by atoms with Gasteiger partial charge in [-0.25, -0.2) is 0 Å². The zero-order valence-corrected chi connectivity index (χ0v) is 12.4. The fourth-order valence-corrected chi connectivity index (χ4v) is 2.75. The molecule has 0 spiro atoms. The lowest BCUT2D eigenvalue weighted by Crippen LogP contribution is -2.46. The van der Waals surface area contributed by atoms with Gasteiger partial charge in [-0.05, 0) is 25.1 Å². The van der Waals surface area contributed by atoms with E-state index in [-0.39, 0.29) is 0 Å². The first-order valence-electron chi connectivity index (χ1n) is 7.32. The summed E-state index contributed by atoms with van der Waals surface area (Å²) in [6.45, 7) is 6.98. The lowest BCUT2D eigenvalue weighted by molar-refractivity contribution is 0.247. The average molecular weight is 283 g/mol. The number of nitrogens with zero attached hydrogens (tertiary/aromatic N) is 4.